The Kier molecular flexibility index (Phi) is 13.6. The zero-order chi connectivity index (χ0) is 31.6. The molecule has 0 aliphatic carbocycles. The van der Waals surface area contributed by atoms with E-state index in [0.717, 1.165) is 36.7 Å². The number of hydrogen-bond acceptors (Lipinski definition) is 7. The lowest BCUT2D eigenvalue weighted by Gasteiger charge is -2.03. The minimum Gasteiger partial charge on any atom is -0.465 e. The third kappa shape index (κ3) is 10.7. The fraction of sp³-hybridized carbons (Fsp3) is 0.118. The number of ketones is 1. The van der Waals surface area contributed by atoms with Gasteiger partial charge in [-0.05, 0) is 106 Å². The maximum atomic E-state index is 12.2. The zero-order valence-electron chi connectivity index (χ0n) is 23.5. The summed E-state index contributed by atoms with van der Waals surface area (Å²) in [6, 6.07) is 25.0. The molecule has 0 saturated carbocycles. The molecule has 0 N–H and O–H groups in total. The van der Waals surface area contributed by atoms with Crippen LogP contribution in [0.3, 0.4) is 0 Å². The molecular formula is C34H28Br2Cl2N4O3. The van der Waals surface area contributed by atoms with Crippen molar-refractivity contribution in [1.29, 1.82) is 0 Å². The summed E-state index contributed by atoms with van der Waals surface area (Å²) in [5.74, 6) is -0.375. The van der Waals surface area contributed by atoms with Crippen molar-refractivity contribution in [2.24, 2.45) is 0 Å². The van der Waals surface area contributed by atoms with Crippen LogP contribution in [-0.4, -0.2) is 38.8 Å². The van der Waals surface area contributed by atoms with E-state index in [-0.39, 0.29) is 25.6 Å². The molecule has 6 aromatic rings. The summed E-state index contributed by atoms with van der Waals surface area (Å²) >= 11 is 18.3. The predicted octanol–water partition coefficient (Wildman–Crippen LogP) is 9.93. The molecule has 6 rings (SSSR count). The number of benzene rings is 2. The molecule has 0 saturated heterocycles. The Morgan fingerprint density at radius 2 is 1.24 bits per heavy atom. The molecule has 0 amide bonds. The number of rotatable bonds is 4. The fourth-order valence-electron chi connectivity index (χ4n) is 3.87. The normalized spacial score (nSPS) is 10.1. The third-order valence-corrected chi connectivity index (χ3v) is 7.28. The van der Waals surface area contributed by atoms with Gasteiger partial charge in [0.25, 0.3) is 0 Å². The second kappa shape index (κ2) is 17.1. The first-order chi connectivity index (χ1) is 21.1. The number of carbonyl (C=O) groups is 2. The van der Waals surface area contributed by atoms with Gasteiger partial charge in [0.05, 0.1) is 41.2 Å². The van der Waals surface area contributed by atoms with Gasteiger partial charge in [0.1, 0.15) is 0 Å². The van der Waals surface area contributed by atoms with Crippen LogP contribution in [0.15, 0.2) is 106 Å². The molecule has 0 aliphatic heterocycles. The number of aryl methyl sites for hydroxylation is 1. The van der Waals surface area contributed by atoms with E-state index in [4.69, 9.17) is 23.2 Å². The van der Waals surface area contributed by atoms with Gasteiger partial charge in [-0.2, -0.15) is 0 Å². The average Bonchev–Trinajstić information content (AvgIpc) is 3.01. The number of ether oxygens (including phenoxy) is 1. The number of halogens is 4. The Labute approximate surface area is 288 Å². The summed E-state index contributed by atoms with van der Waals surface area (Å²) in [6.07, 6.45) is 3.74. The monoisotopic (exact) mass is 768 g/mol. The first kappa shape index (κ1) is 35.7. The summed E-state index contributed by atoms with van der Waals surface area (Å²) in [5.41, 5.74) is 6.23. The minimum absolute atomic E-state index is 0. The van der Waals surface area contributed by atoms with Gasteiger partial charge in [0, 0.05) is 48.3 Å². The molecule has 0 atom stereocenters. The van der Waals surface area contributed by atoms with Crippen molar-refractivity contribution in [1.82, 2.24) is 19.9 Å². The van der Waals surface area contributed by atoms with Gasteiger partial charge in [0.15, 0.2) is 5.78 Å². The molecule has 0 unspecified atom stereocenters. The summed E-state index contributed by atoms with van der Waals surface area (Å²) in [5, 5.41) is 1.09. The van der Waals surface area contributed by atoms with Crippen LogP contribution in [0.25, 0.3) is 22.1 Å². The van der Waals surface area contributed by atoms with Crippen molar-refractivity contribution in [3.05, 3.63) is 139 Å². The van der Waals surface area contributed by atoms with Gasteiger partial charge in [-0.1, -0.05) is 48.8 Å². The summed E-state index contributed by atoms with van der Waals surface area (Å²) in [7, 11) is 1.34. The van der Waals surface area contributed by atoms with Crippen LogP contribution in [0, 0.1) is 6.92 Å². The van der Waals surface area contributed by atoms with Gasteiger partial charge < -0.3 is 4.74 Å². The van der Waals surface area contributed by atoms with E-state index >= 15 is 0 Å². The topological polar surface area (TPSA) is 94.9 Å². The van der Waals surface area contributed by atoms with Crippen molar-refractivity contribution in [2.75, 3.05) is 7.11 Å². The Morgan fingerprint density at radius 1 is 0.711 bits per heavy atom. The second-order valence-electron chi connectivity index (χ2n) is 9.25. The van der Waals surface area contributed by atoms with Gasteiger partial charge in [0.2, 0.25) is 0 Å². The van der Waals surface area contributed by atoms with Crippen molar-refractivity contribution in [3.8, 4) is 0 Å². The van der Waals surface area contributed by atoms with E-state index in [1.807, 2.05) is 43.3 Å². The van der Waals surface area contributed by atoms with Crippen LogP contribution in [0.1, 0.15) is 39.5 Å². The Balaban J connectivity index is 0.000000197. The molecule has 4 aromatic heterocycles. The van der Waals surface area contributed by atoms with Crippen LogP contribution in [-0.2, 0) is 11.2 Å². The number of aromatic nitrogens is 4. The predicted molar refractivity (Wildman–Crippen MR) is 188 cm³/mol. The lowest BCUT2D eigenvalue weighted by atomic mass is 10.1. The number of pyridine rings is 4. The van der Waals surface area contributed by atoms with Crippen molar-refractivity contribution < 1.29 is 14.3 Å². The maximum Gasteiger partial charge on any atom is 0.337 e. The highest BCUT2D eigenvalue weighted by atomic mass is 79.9. The lowest BCUT2D eigenvalue weighted by Crippen LogP contribution is -2.05. The van der Waals surface area contributed by atoms with Crippen molar-refractivity contribution >= 4 is 88.9 Å². The Hall–Kier alpha value is -3.76. The number of fused-ring (bicyclic) bond motifs is 2. The Bertz CT molecular complexity index is 1920. The molecule has 0 radical (unpaired) electrons. The molecule has 230 valence electrons. The van der Waals surface area contributed by atoms with Crippen LogP contribution in [0.5, 0.6) is 0 Å². The number of Topliss-reactive ketones (excluding diaryl/α,β-unsaturated/α-hetero) is 1. The maximum absolute atomic E-state index is 12.2. The van der Waals surface area contributed by atoms with Crippen LogP contribution < -0.4 is 0 Å². The summed E-state index contributed by atoms with van der Waals surface area (Å²) < 4.78 is 6.32. The van der Waals surface area contributed by atoms with Gasteiger partial charge in [-0.25, -0.2) is 4.79 Å². The van der Waals surface area contributed by atoms with E-state index in [2.05, 4.69) is 56.5 Å². The van der Waals surface area contributed by atoms with E-state index in [1.165, 1.54) is 7.11 Å². The van der Waals surface area contributed by atoms with Gasteiger partial charge in [-0.15, -0.1) is 0 Å². The zero-order valence-corrected chi connectivity index (χ0v) is 28.2. The highest BCUT2D eigenvalue weighted by molar-refractivity contribution is 9.10. The third-order valence-electron chi connectivity index (χ3n) is 5.94. The second-order valence-corrected chi connectivity index (χ2v) is 12.0. The summed E-state index contributed by atoms with van der Waals surface area (Å²) in [4.78, 5) is 40.4. The number of esters is 1. The number of hydrogen-bond donors (Lipinski definition) is 0. The summed E-state index contributed by atoms with van der Waals surface area (Å²) in [6.45, 7) is 1.97. The standard InChI is InChI=1S/C16H10BrClN2O.C9H7BrN2.C8H7ClO2.CH4/c17-11-7-15-14(19-9-11)5-4-13(20-15)8-16(21)10-2-1-3-12(18)6-10;1-6-2-3-8-9(12-6)4-7(10)5-11-8;1-11-8(10)6-3-2-4-7(9)5-6;/h1-7,9H,8H2;2-5H,1H3;2-5H,1H3;1H4. The van der Waals surface area contributed by atoms with E-state index in [0.29, 0.717) is 26.9 Å². The van der Waals surface area contributed by atoms with Crippen LogP contribution >= 0.6 is 55.1 Å². The molecule has 0 aliphatic rings. The molecule has 0 spiro atoms. The largest absolute Gasteiger partial charge is 0.465 e. The molecule has 2 aromatic carbocycles. The van der Waals surface area contributed by atoms with Crippen LogP contribution in [0.4, 0.5) is 0 Å². The SMILES string of the molecule is C.COC(=O)c1cccc(Cl)c1.Cc1ccc2ncc(Br)cc2n1.O=C(Cc1ccc2ncc(Br)cc2n1)c1cccc(Cl)c1. The molecule has 0 fully saturated rings. The van der Waals surface area contributed by atoms with Crippen LogP contribution in [0.2, 0.25) is 10.0 Å². The fourth-order valence-corrected chi connectivity index (χ4v) is 4.89. The molecule has 11 heteroatoms. The highest BCUT2D eigenvalue weighted by Crippen LogP contribution is 2.18. The van der Waals surface area contributed by atoms with E-state index < -0.39 is 0 Å². The van der Waals surface area contributed by atoms with Gasteiger partial charge >= 0.3 is 5.97 Å². The molecule has 45 heavy (non-hydrogen) atoms. The number of nitrogens with zero attached hydrogens (tertiary/aromatic N) is 4. The number of methoxy groups -OCH3 is 1. The van der Waals surface area contributed by atoms with Crippen molar-refractivity contribution in [2.45, 2.75) is 20.8 Å². The first-order valence-corrected chi connectivity index (χ1v) is 15.4. The van der Waals surface area contributed by atoms with E-state index in [1.54, 1.807) is 60.9 Å². The molecule has 0 bridgehead atoms. The minimum atomic E-state index is -0.368. The molecular weight excluding hydrogens is 743 g/mol. The van der Waals surface area contributed by atoms with Crippen molar-refractivity contribution in [3.63, 3.8) is 0 Å². The average molecular weight is 771 g/mol. The smallest absolute Gasteiger partial charge is 0.337 e. The number of carbonyl (C=O) groups excluding carboxylic acids is 2. The Morgan fingerprint density at radius 3 is 1.82 bits per heavy atom. The highest BCUT2D eigenvalue weighted by Gasteiger charge is 2.10. The lowest BCUT2D eigenvalue weighted by molar-refractivity contribution is 0.0600. The molecule has 4 heterocycles. The quantitative estimate of drug-likeness (QED) is 0.130. The van der Waals surface area contributed by atoms with E-state index in [9.17, 15) is 9.59 Å². The first-order valence-electron chi connectivity index (χ1n) is 13.0. The molecule has 7 nitrogen and oxygen atoms in total. The van der Waals surface area contributed by atoms with Gasteiger partial charge in [-0.3, -0.25) is 24.7 Å².